The molecule has 1 saturated carbocycles. The number of hydrogen-bond acceptors (Lipinski definition) is 2. The van der Waals surface area contributed by atoms with E-state index in [9.17, 15) is 0 Å². The zero-order chi connectivity index (χ0) is 13.0. The molecule has 1 aromatic rings. The first-order valence-corrected chi connectivity index (χ1v) is 7.84. The van der Waals surface area contributed by atoms with Crippen molar-refractivity contribution < 1.29 is 0 Å². The van der Waals surface area contributed by atoms with E-state index in [0.717, 1.165) is 16.8 Å². The highest BCUT2D eigenvalue weighted by atomic mass is 79.9. The molecule has 0 amide bonds. The summed E-state index contributed by atoms with van der Waals surface area (Å²) in [7, 11) is 0. The maximum absolute atomic E-state index is 6.28. The van der Waals surface area contributed by atoms with Crippen molar-refractivity contribution in [3.05, 3.63) is 28.5 Å². The summed E-state index contributed by atoms with van der Waals surface area (Å²) in [6, 6.07) is 4.55. The van der Waals surface area contributed by atoms with Crippen LogP contribution in [0.4, 0.5) is 0 Å². The number of rotatable bonds is 4. The number of pyridine rings is 1. The maximum Gasteiger partial charge on any atom is 0.0413 e. The maximum atomic E-state index is 6.28. The Morgan fingerprint density at radius 2 is 2.22 bits per heavy atom. The van der Waals surface area contributed by atoms with Crippen molar-refractivity contribution in [2.24, 2.45) is 17.6 Å². The lowest BCUT2D eigenvalue weighted by molar-refractivity contribution is 0.220. The average Bonchev–Trinajstić information content (AvgIpc) is 2.36. The minimum Gasteiger partial charge on any atom is -0.327 e. The van der Waals surface area contributed by atoms with E-state index in [1.54, 1.807) is 0 Å². The minimum atomic E-state index is 0.364. The molecule has 0 spiro atoms. The molecule has 3 atom stereocenters. The van der Waals surface area contributed by atoms with Gasteiger partial charge in [0.2, 0.25) is 0 Å². The molecule has 0 radical (unpaired) electrons. The molecule has 0 saturated heterocycles. The van der Waals surface area contributed by atoms with E-state index in [1.807, 2.05) is 6.20 Å². The van der Waals surface area contributed by atoms with E-state index >= 15 is 0 Å². The molecule has 0 aliphatic heterocycles. The lowest BCUT2D eigenvalue weighted by Crippen LogP contribution is -2.37. The Balaban J connectivity index is 1.95. The van der Waals surface area contributed by atoms with Gasteiger partial charge in [0, 0.05) is 22.4 Å². The predicted molar refractivity (Wildman–Crippen MR) is 79.4 cm³/mol. The van der Waals surface area contributed by atoms with Crippen LogP contribution >= 0.6 is 15.9 Å². The molecule has 2 N–H and O–H groups in total. The van der Waals surface area contributed by atoms with Gasteiger partial charge >= 0.3 is 0 Å². The summed E-state index contributed by atoms with van der Waals surface area (Å²) in [5.41, 5.74) is 7.45. The van der Waals surface area contributed by atoms with Crippen molar-refractivity contribution in [3.63, 3.8) is 0 Å². The van der Waals surface area contributed by atoms with Gasteiger partial charge in [-0.15, -0.1) is 0 Å². The highest BCUT2D eigenvalue weighted by Crippen LogP contribution is 2.33. The SMILES string of the molecule is CCCC1CCC(N)C(Cc2ccc(Br)cn2)C1. The molecule has 2 rings (SSSR count). The number of aromatic nitrogens is 1. The quantitative estimate of drug-likeness (QED) is 0.915. The molecule has 3 unspecified atom stereocenters. The van der Waals surface area contributed by atoms with E-state index in [2.05, 4.69) is 40.0 Å². The van der Waals surface area contributed by atoms with E-state index in [4.69, 9.17) is 5.73 Å². The van der Waals surface area contributed by atoms with Crippen LogP contribution in [-0.4, -0.2) is 11.0 Å². The zero-order valence-electron chi connectivity index (χ0n) is 11.1. The average molecular weight is 311 g/mol. The fourth-order valence-corrected chi connectivity index (χ4v) is 3.32. The molecule has 1 fully saturated rings. The smallest absolute Gasteiger partial charge is 0.0413 e. The van der Waals surface area contributed by atoms with Crippen LogP contribution in [0.5, 0.6) is 0 Å². The normalized spacial score (nSPS) is 28.3. The van der Waals surface area contributed by atoms with Crippen LogP contribution in [0.15, 0.2) is 22.8 Å². The van der Waals surface area contributed by atoms with Crippen LogP contribution in [0.25, 0.3) is 0 Å². The van der Waals surface area contributed by atoms with Crippen LogP contribution in [0.2, 0.25) is 0 Å². The van der Waals surface area contributed by atoms with Gasteiger partial charge in [-0.05, 0) is 65.6 Å². The van der Waals surface area contributed by atoms with Gasteiger partial charge in [-0.25, -0.2) is 0 Å². The van der Waals surface area contributed by atoms with Gasteiger partial charge in [0.1, 0.15) is 0 Å². The van der Waals surface area contributed by atoms with Crippen LogP contribution < -0.4 is 5.73 Å². The highest BCUT2D eigenvalue weighted by molar-refractivity contribution is 9.10. The molecule has 100 valence electrons. The summed E-state index contributed by atoms with van der Waals surface area (Å²) in [6.45, 7) is 2.28. The molecule has 1 aliphatic carbocycles. The molecule has 2 nitrogen and oxygen atoms in total. The van der Waals surface area contributed by atoms with Crippen LogP contribution in [-0.2, 0) is 6.42 Å². The standard InChI is InChI=1S/C15H23BrN2/c1-2-3-11-4-7-15(17)12(8-11)9-14-6-5-13(16)10-18-14/h5-6,10-12,15H,2-4,7-9,17H2,1H3. The zero-order valence-corrected chi connectivity index (χ0v) is 12.7. The molecule has 1 aliphatic rings. The number of nitrogens with two attached hydrogens (primary N) is 1. The van der Waals surface area contributed by atoms with E-state index < -0.39 is 0 Å². The van der Waals surface area contributed by atoms with Gasteiger partial charge in [0.25, 0.3) is 0 Å². The van der Waals surface area contributed by atoms with Crippen molar-refractivity contribution in [2.45, 2.75) is 51.5 Å². The molecule has 3 heteroatoms. The Bertz CT molecular complexity index is 363. The molecule has 1 heterocycles. The first kappa shape index (κ1) is 14.0. The summed E-state index contributed by atoms with van der Waals surface area (Å²) in [4.78, 5) is 4.48. The van der Waals surface area contributed by atoms with Gasteiger partial charge < -0.3 is 5.73 Å². The number of nitrogens with zero attached hydrogens (tertiary/aromatic N) is 1. The predicted octanol–water partition coefficient (Wildman–Crippen LogP) is 3.93. The van der Waals surface area contributed by atoms with E-state index in [-0.39, 0.29) is 0 Å². The molecule has 18 heavy (non-hydrogen) atoms. The Morgan fingerprint density at radius 3 is 2.89 bits per heavy atom. The molecule has 0 bridgehead atoms. The van der Waals surface area contributed by atoms with Crippen molar-refractivity contribution in [1.82, 2.24) is 4.98 Å². The topological polar surface area (TPSA) is 38.9 Å². The third kappa shape index (κ3) is 3.79. The highest BCUT2D eigenvalue weighted by Gasteiger charge is 2.27. The Kier molecular flexibility index (Phi) is 5.19. The fraction of sp³-hybridized carbons (Fsp3) is 0.667. The summed E-state index contributed by atoms with van der Waals surface area (Å²) >= 11 is 3.43. The first-order valence-electron chi connectivity index (χ1n) is 7.05. The summed E-state index contributed by atoms with van der Waals surface area (Å²) in [5.74, 6) is 1.50. The summed E-state index contributed by atoms with van der Waals surface area (Å²) < 4.78 is 1.04. The third-order valence-electron chi connectivity index (χ3n) is 4.11. The van der Waals surface area contributed by atoms with Gasteiger partial charge in [0.15, 0.2) is 0 Å². The minimum absolute atomic E-state index is 0.364. The molecular weight excluding hydrogens is 288 g/mol. The van der Waals surface area contributed by atoms with Gasteiger partial charge in [-0.1, -0.05) is 19.8 Å². The lowest BCUT2D eigenvalue weighted by Gasteiger charge is -2.34. The first-order chi connectivity index (χ1) is 8.69. The second-order valence-corrected chi connectivity index (χ2v) is 6.48. The van der Waals surface area contributed by atoms with E-state index in [0.29, 0.717) is 12.0 Å². The van der Waals surface area contributed by atoms with Gasteiger partial charge in [0.05, 0.1) is 0 Å². The fourth-order valence-electron chi connectivity index (χ4n) is 3.09. The van der Waals surface area contributed by atoms with Gasteiger partial charge in [-0.3, -0.25) is 4.98 Å². The van der Waals surface area contributed by atoms with Crippen molar-refractivity contribution >= 4 is 15.9 Å². The Morgan fingerprint density at radius 1 is 1.39 bits per heavy atom. The number of halogens is 1. The Hall–Kier alpha value is -0.410. The van der Waals surface area contributed by atoms with Crippen molar-refractivity contribution in [2.75, 3.05) is 0 Å². The van der Waals surface area contributed by atoms with Crippen LogP contribution in [0.1, 0.15) is 44.7 Å². The largest absolute Gasteiger partial charge is 0.327 e. The van der Waals surface area contributed by atoms with Crippen LogP contribution in [0, 0.1) is 11.8 Å². The van der Waals surface area contributed by atoms with Gasteiger partial charge in [-0.2, -0.15) is 0 Å². The summed E-state index contributed by atoms with van der Waals surface area (Å²) in [6.07, 6.45) is 9.36. The molecule has 0 aromatic carbocycles. The summed E-state index contributed by atoms with van der Waals surface area (Å²) in [5, 5.41) is 0. The van der Waals surface area contributed by atoms with Crippen molar-refractivity contribution in [1.29, 1.82) is 0 Å². The number of hydrogen-bond donors (Lipinski definition) is 1. The molecule has 1 aromatic heterocycles. The third-order valence-corrected chi connectivity index (χ3v) is 4.58. The monoisotopic (exact) mass is 310 g/mol. The lowest BCUT2D eigenvalue weighted by atomic mass is 9.75. The Labute approximate surface area is 119 Å². The molecular formula is C15H23BrN2. The van der Waals surface area contributed by atoms with E-state index in [1.165, 1.54) is 37.8 Å². The van der Waals surface area contributed by atoms with Crippen molar-refractivity contribution in [3.8, 4) is 0 Å². The van der Waals surface area contributed by atoms with Crippen LogP contribution in [0.3, 0.4) is 0 Å². The second kappa shape index (κ2) is 6.67. The second-order valence-electron chi connectivity index (χ2n) is 5.56.